The zero-order valence-electron chi connectivity index (χ0n) is 12.5. The van der Waals surface area contributed by atoms with Crippen LogP contribution in [-0.2, 0) is 10.0 Å². The number of benzene rings is 2. The van der Waals surface area contributed by atoms with Crippen molar-refractivity contribution in [3.05, 3.63) is 41.4 Å². The monoisotopic (exact) mass is 337 g/mol. The number of halogens is 1. The van der Waals surface area contributed by atoms with Crippen LogP contribution in [0.25, 0.3) is 10.8 Å². The summed E-state index contributed by atoms with van der Waals surface area (Å²) in [6.45, 7) is 2.12. The van der Waals surface area contributed by atoms with E-state index in [2.05, 4.69) is 11.6 Å². The van der Waals surface area contributed by atoms with E-state index in [1.807, 2.05) is 18.2 Å². The summed E-state index contributed by atoms with van der Waals surface area (Å²) in [5, 5.41) is 2.01. The lowest BCUT2D eigenvalue weighted by Gasteiger charge is -2.29. The first-order valence-corrected chi connectivity index (χ1v) is 9.55. The summed E-state index contributed by atoms with van der Waals surface area (Å²) in [5.41, 5.74) is 0. The Bertz CT molecular complexity index is 788. The lowest BCUT2D eigenvalue weighted by molar-refractivity contribution is 0.310. The molecule has 3 nitrogen and oxygen atoms in total. The lowest BCUT2D eigenvalue weighted by Crippen LogP contribution is -2.41. The summed E-state index contributed by atoms with van der Waals surface area (Å²) in [6.07, 6.45) is 4.25. The average molecular weight is 338 g/mol. The van der Waals surface area contributed by atoms with Gasteiger partial charge in [0.05, 0.1) is 4.90 Å². The Morgan fingerprint density at radius 2 is 1.73 bits per heavy atom. The van der Waals surface area contributed by atoms with Crippen molar-refractivity contribution >= 4 is 32.4 Å². The quantitative estimate of drug-likeness (QED) is 0.905. The number of sulfonamides is 1. The van der Waals surface area contributed by atoms with Gasteiger partial charge in [0.2, 0.25) is 10.0 Å². The van der Waals surface area contributed by atoms with Crippen LogP contribution in [0.1, 0.15) is 32.6 Å². The Morgan fingerprint density at radius 3 is 2.45 bits per heavy atom. The van der Waals surface area contributed by atoms with E-state index < -0.39 is 10.0 Å². The fourth-order valence-corrected chi connectivity index (χ4v) is 5.04. The molecule has 1 fully saturated rings. The minimum Gasteiger partial charge on any atom is -0.208 e. The van der Waals surface area contributed by atoms with Crippen molar-refractivity contribution in [3.8, 4) is 0 Å². The molecule has 0 amide bonds. The number of rotatable bonds is 3. The Labute approximate surface area is 136 Å². The summed E-state index contributed by atoms with van der Waals surface area (Å²) in [4.78, 5) is 0.310. The second-order valence-electron chi connectivity index (χ2n) is 6.08. The fraction of sp³-hybridized carbons (Fsp3) is 0.412. The zero-order valence-corrected chi connectivity index (χ0v) is 14.1. The van der Waals surface area contributed by atoms with Gasteiger partial charge in [0.25, 0.3) is 0 Å². The van der Waals surface area contributed by atoms with Crippen molar-refractivity contribution in [2.24, 2.45) is 5.92 Å². The highest BCUT2D eigenvalue weighted by Gasteiger charge is 2.27. The third kappa shape index (κ3) is 3.00. The molecule has 0 spiro atoms. The minimum absolute atomic E-state index is 0.0215. The van der Waals surface area contributed by atoms with Gasteiger partial charge in [-0.1, -0.05) is 55.6 Å². The summed E-state index contributed by atoms with van der Waals surface area (Å²) in [7, 11) is -3.54. The van der Waals surface area contributed by atoms with Gasteiger partial charge in [0.1, 0.15) is 0 Å². The standard InChI is InChI=1S/C17H20ClNO2S/c1-12-6-2-5-9-16(12)19-22(20,21)17-11-10-15(18)13-7-3-4-8-14(13)17/h3-4,7-8,10-12,16,19H,2,5-6,9H2,1H3/t12-,16-/m1/s1. The molecule has 3 rings (SSSR count). The molecule has 1 N–H and O–H groups in total. The third-order valence-electron chi connectivity index (χ3n) is 4.54. The maximum Gasteiger partial charge on any atom is 0.241 e. The summed E-state index contributed by atoms with van der Waals surface area (Å²) in [5.74, 6) is 0.377. The van der Waals surface area contributed by atoms with Crippen LogP contribution in [0.4, 0.5) is 0 Å². The van der Waals surface area contributed by atoms with Gasteiger partial charge in [-0.3, -0.25) is 0 Å². The highest BCUT2D eigenvalue weighted by atomic mass is 35.5. The van der Waals surface area contributed by atoms with Gasteiger partial charge in [-0.05, 0) is 30.9 Å². The molecule has 0 saturated heterocycles. The number of hydrogen-bond acceptors (Lipinski definition) is 2. The van der Waals surface area contributed by atoms with Crippen molar-refractivity contribution < 1.29 is 8.42 Å². The molecule has 0 unspecified atom stereocenters. The first-order valence-electron chi connectivity index (χ1n) is 7.68. The maximum absolute atomic E-state index is 12.8. The molecule has 5 heteroatoms. The number of fused-ring (bicyclic) bond motifs is 1. The average Bonchev–Trinajstić information content (AvgIpc) is 2.50. The first kappa shape index (κ1) is 15.8. The van der Waals surface area contributed by atoms with Crippen molar-refractivity contribution in [1.82, 2.24) is 4.72 Å². The van der Waals surface area contributed by atoms with Crippen LogP contribution in [0.2, 0.25) is 5.02 Å². The van der Waals surface area contributed by atoms with Crippen LogP contribution in [0, 0.1) is 5.92 Å². The summed E-state index contributed by atoms with van der Waals surface area (Å²) >= 11 is 6.18. The molecule has 0 heterocycles. The van der Waals surface area contributed by atoms with E-state index in [0.717, 1.165) is 24.6 Å². The van der Waals surface area contributed by atoms with E-state index in [1.54, 1.807) is 18.2 Å². The van der Waals surface area contributed by atoms with Crippen LogP contribution in [0.3, 0.4) is 0 Å². The van der Waals surface area contributed by atoms with Crippen molar-refractivity contribution in [1.29, 1.82) is 0 Å². The number of nitrogens with one attached hydrogen (secondary N) is 1. The predicted molar refractivity (Wildman–Crippen MR) is 90.7 cm³/mol. The van der Waals surface area contributed by atoms with Gasteiger partial charge in [-0.25, -0.2) is 13.1 Å². The van der Waals surface area contributed by atoms with E-state index in [0.29, 0.717) is 21.2 Å². The van der Waals surface area contributed by atoms with E-state index >= 15 is 0 Å². The summed E-state index contributed by atoms with van der Waals surface area (Å²) in [6, 6.07) is 10.6. The molecule has 1 aliphatic rings. The molecule has 1 saturated carbocycles. The predicted octanol–water partition coefficient (Wildman–Crippen LogP) is 4.35. The van der Waals surface area contributed by atoms with Crippen molar-refractivity contribution in [2.75, 3.05) is 0 Å². The van der Waals surface area contributed by atoms with Crippen LogP contribution < -0.4 is 4.72 Å². The molecule has 2 aromatic carbocycles. The van der Waals surface area contributed by atoms with Crippen LogP contribution in [0.15, 0.2) is 41.3 Å². The van der Waals surface area contributed by atoms with E-state index in [-0.39, 0.29) is 6.04 Å². The normalized spacial score (nSPS) is 22.8. The van der Waals surface area contributed by atoms with Crippen LogP contribution in [0.5, 0.6) is 0 Å². The van der Waals surface area contributed by atoms with Gasteiger partial charge in [0.15, 0.2) is 0 Å². The molecule has 2 atom stereocenters. The molecule has 22 heavy (non-hydrogen) atoms. The molecule has 0 aromatic heterocycles. The molecular weight excluding hydrogens is 318 g/mol. The highest BCUT2D eigenvalue weighted by molar-refractivity contribution is 7.89. The Kier molecular flexibility index (Phi) is 4.44. The molecule has 118 valence electrons. The molecular formula is C17H20ClNO2S. The second kappa shape index (κ2) is 6.19. The SMILES string of the molecule is C[C@@H]1CCCC[C@H]1NS(=O)(=O)c1ccc(Cl)c2ccccc12. The van der Waals surface area contributed by atoms with E-state index in [1.165, 1.54) is 6.42 Å². The van der Waals surface area contributed by atoms with E-state index in [4.69, 9.17) is 11.6 Å². The Balaban J connectivity index is 2.01. The maximum atomic E-state index is 12.8. The molecule has 0 aliphatic heterocycles. The van der Waals surface area contributed by atoms with Gasteiger partial charge in [-0.2, -0.15) is 0 Å². The summed E-state index contributed by atoms with van der Waals surface area (Å²) < 4.78 is 28.5. The third-order valence-corrected chi connectivity index (χ3v) is 6.42. The fourth-order valence-electron chi connectivity index (χ4n) is 3.22. The highest BCUT2D eigenvalue weighted by Crippen LogP contribution is 2.30. The van der Waals surface area contributed by atoms with Crippen LogP contribution >= 0.6 is 11.6 Å². The largest absolute Gasteiger partial charge is 0.241 e. The van der Waals surface area contributed by atoms with Gasteiger partial charge in [-0.15, -0.1) is 0 Å². The lowest BCUT2D eigenvalue weighted by atomic mass is 9.87. The van der Waals surface area contributed by atoms with Crippen molar-refractivity contribution in [3.63, 3.8) is 0 Å². The molecule has 1 aliphatic carbocycles. The van der Waals surface area contributed by atoms with Crippen LogP contribution in [-0.4, -0.2) is 14.5 Å². The smallest absolute Gasteiger partial charge is 0.208 e. The molecule has 2 aromatic rings. The van der Waals surface area contributed by atoms with Gasteiger partial charge in [0, 0.05) is 21.8 Å². The molecule has 0 radical (unpaired) electrons. The van der Waals surface area contributed by atoms with E-state index in [9.17, 15) is 8.42 Å². The number of hydrogen-bond donors (Lipinski definition) is 1. The van der Waals surface area contributed by atoms with Gasteiger partial charge >= 0.3 is 0 Å². The second-order valence-corrected chi connectivity index (χ2v) is 8.17. The van der Waals surface area contributed by atoms with Gasteiger partial charge < -0.3 is 0 Å². The topological polar surface area (TPSA) is 46.2 Å². The minimum atomic E-state index is -3.54. The van der Waals surface area contributed by atoms with Crippen molar-refractivity contribution in [2.45, 2.75) is 43.5 Å². The molecule has 0 bridgehead atoms. The Morgan fingerprint density at radius 1 is 1.05 bits per heavy atom. The first-order chi connectivity index (χ1) is 10.5. The Hall–Kier alpha value is -1.10. The zero-order chi connectivity index (χ0) is 15.7.